The first-order valence-corrected chi connectivity index (χ1v) is 5.22. The number of hydrogen-bond acceptors (Lipinski definition) is 2. The number of carboxylic acid groups (broad SMARTS) is 1. The number of carbonyl (C=O) groups excluding carboxylic acids is 1. The maximum Gasteiger partial charge on any atom is 0.125 e. The van der Waals surface area contributed by atoms with E-state index in [0.29, 0.717) is 11.1 Å². The van der Waals surface area contributed by atoms with Gasteiger partial charge in [-0.3, -0.25) is 0 Å². The second-order valence-electron chi connectivity index (χ2n) is 3.49. The Balaban J connectivity index is 2.64. The molecule has 2 aromatic carbocycles. The summed E-state index contributed by atoms with van der Waals surface area (Å²) in [7, 11) is 0. The van der Waals surface area contributed by atoms with Crippen LogP contribution in [0.4, 0.5) is 4.39 Å². The Morgan fingerprint density at radius 2 is 1.88 bits per heavy atom. The van der Waals surface area contributed by atoms with Gasteiger partial charge >= 0.3 is 0 Å². The number of halogens is 2. The molecule has 0 aliphatic carbocycles. The fourth-order valence-corrected chi connectivity index (χ4v) is 1.84. The van der Waals surface area contributed by atoms with Gasteiger partial charge in [-0.2, -0.15) is 0 Å². The molecule has 86 valence electrons. The van der Waals surface area contributed by atoms with Crippen molar-refractivity contribution < 1.29 is 14.3 Å². The molecule has 0 aliphatic heterocycles. The van der Waals surface area contributed by atoms with Gasteiger partial charge in [0.15, 0.2) is 0 Å². The van der Waals surface area contributed by atoms with Gasteiger partial charge in [0.2, 0.25) is 0 Å². The first-order chi connectivity index (χ1) is 8.08. The fourth-order valence-electron chi connectivity index (χ4n) is 1.62. The number of benzene rings is 2. The second kappa shape index (κ2) is 4.55. The van der Waals surface area contributed by atoms with E-state index in [2.05, 4.69) is 0 Å². The molecule has 0 spiro atoms. The maximum absolute atomic E-state index is 13.2. The Morgan fingerprint density at radius 3 is 2.53 bits per heavy atom. The summed E-state index contributed by atoms with van der Waals surface area (Å²) >= 11 is 5.73. The SMILES string of the molecule is O=C([O-])c1ccccc1-c1cc(F)cc(Cl)c1. The summed E-state index contributed by atoms with van der Waals surface area (Å²) in [5, 5.41) is 11.1. The molecule has 0 saturated heterocycles. The van der Waals surface area contributed by atoms with Gasteiger partial charge in [-0.25, -0.2) is 4.39 Å². The molecule has 0 atom stereocenters. The normalized spacial score (nSPS) is 10.2. The number of carbonyl (C=O) groups is 1. The van der Waals surface area contributed by atoms with Gasteiger partial charge in [-0.15, -0.1) is 0 Å². The summed E-state index contributed by atoms with van der Waals surface area (Å²) in [6.45, 7) is 0. The molecular formula is C13H7ClFO2-. The molecule has 0 amide bonds. The van der Waals surface area contributed by atoms with E-state index in [1.54, 1.807) is 18.2 Å². The Morgan fingerprint density at radius 1 is 1.18 bits per heavy atom. The zero-order valence-corrected chi connectivity index (χ0v) is 9.37. The fraction of sp³-hybridized carbons (Fsp3) is 0. The third kappa shape index (κ3) is 2.45. The highest BCUT2D eigenvalue weighted by molar-refractivity contribution is 6.30. The van der Waals surface area contributed by atoms with Crippen LogP contribution in [0.15, 0.2) is 42.5 Å². The van der Waals surface area contributed by atoms with Crippen molar-refractivity contribution in [2.75, 3.05) is 0 Å². The van der Waals surface area contributed by atoms with E-state index in [1.165, 1.54) is 18.2 Å². The lowest BCUT2D eigenvalue weighted by Crippen LogP contribution is -2.22. The molecule has 0 fully saturated rings. The van der Waals surface area contributed by atoms with Gasteiger partial charge < -0.3 is 9.90 Å². The zero-order chi connectivity index (χ0) is 12.4. The lowest BCUT2D eigenvalue weighted by Gasteiger charge is -2.10. The topological polar surface area (TPSA) is 40.1 Å². The monoisotopic (exact) mass is 249 g/mol. The van der Waals surface area contributed by atoms with Crippen LogP contribution in [0.3, 0.4) is 0 Å². The van der Waals surface area contributed by atoms with Crippen LogP contribution in [0.2, 0.25) is 5.02 Å². The van der Waals surface area contributed by atoms with Gasteiger partial charge in [0.1, 0.15) is 5.82 Å². The van der Waals surface area contributed by atoms with Gasteiger partial charge in [0, 0.05) is 10.6 Å². The number of hydrogen-bond donors (Lipinski definition) is 0. The van der Waals surface area contributed by atoms with Crippen LogP contribution in [-0.2, 0) is 0 Å². The third-order valence-electron chi connectivity index (χ3n) is 2.32. The molecule has 17 heavy (non-hydrogen) atoms. The van der Waals surface area contributed by atoms with Crippen molar-refractivity contribution in [2.45, 2.75) is 0 Å². The van der Waals surface area contributed by atoms with Crippen LogP contribution in [0.1, 0.15) is 10.4 Å². The highest BCUT2D eigenvalue weighted by Gasteiger charge is 2.07. The Hall–Kier alpha value is -1.87. The summed E-state index contributed by atoms with van der Waals surface area (Å²) < 4.78 is 13.2. The Labute approximate surface area is 102 Å². The van der Waals surface area contributed by atoms with Crippen LogP contribution in [-0.4, -0.2) is 5.97 Å². The molecule has 0 unspecified atom stereocenters. The number of carboxylic acids is 1. The largest absolute Gasteiger partial charge is 0.545 e. The second-order valence-corrected chi connectivity index (χ2v) is 3.93. The molecule has 0 aliphatic rings. The van der Waals surface area contributed by atoms with Crippen LogP contribution < -0.4 is 5.11 Å². The van der Waals surface area contributed by atoms with Crippen molar-refractivity contribution in [3.8, 4) is 11.1 Å². The van der Waals surface area contributed by atoms with Crippen LogP contribution in [0.25, 0.3) is 11.1 Å². The van der Waals surface area contributed by atoms with Crippen molar-refractivity contribution in [3.05, 3.63) is 58.9 Å². The predicted molar refractivity (Wildman–Crippen MR) is 61.2 cm³/mol. The summed E-state index contributed by atoms with van der Waals surface area (Å²) in [4.78, 5) is 10.9. The lowest BCUT2D eigenvalue weighted by atomic mass is 10.00. The minimum Gasteiger partial charge on any atom is -0.545 e. The van der Waals surface area contributed by atoms with Crippen LogP contribution in [0, 0.1) is 5.82 Å². The molecule has 2 nitrogen and oxygen atoms in total. The molecule has 0 heterocycles. The number of rotatable bonds is 2. The van der Waals surface area contributed by atoms with Crippen molar-refractivity contribution in [1.29, 1.82) is 0 Å². The lowest BCUT2D eigenvalue weighted by molar-refractivity contribution is -0.254. The Bertz CT molecular complexity index is 561. The third-order valence-corrected chi connectivity index (χ3v) is 2.54. The smallest absolute Gasteiger partial charge is 0.125 e. The van der Waals surface area contributed by atoms with Gasteiger partial charge in [0.25, 0.3) is 0 Å². The highest BCUT2D eigenvalue weighted by atomic mass is 35.5. The summed E-state index contributed by atoms with van der Waals surface area (Å²) in [6.07, 6.45) is 0. The van der Waals surface area contributed by atoms with Crippen molar-refractivity contribution >= 4 is 17.6 Å². The van der Waals surface area contributed by atoms with Gasteiger partial charge in [-0.1, -0.05) is 35.9 Å². The molecule has 0 bridgehead atoms. The van der Waals surface area contributed by atoms with E-state index in [9.17, 15) is 14.3 Å². The first kappa shape index (κ1) is 11.6. The Kier molecular flexibility index (Phi) is 3.11. The van der Waals surface area contributed by atoms with E-state index in [1.807, 2.05) is 0 Å². The molecule has 2 aromatic rings. The van der Waals surface area contributed by atoms with E-state index in [0.717, 1.165) is 6.07 Å². The summed E-state index contributed by atoms with van der Waals surface area (Å²) in [5.74, 6) is -1.82. The standard InChI is InChI=1S/C13H8ClFO2/c14-9-5-8(6-10(15)7-9)11-3-1-2-4-12(11)13(16)17/h1-7H,(H,16,17)/p-1. The minimum absolute atomic E-state index is 0.00849. The van der Waals surface area contributed by atoms with E-state index >= 15 is 0 Å². The number of aromatic carboxylic acids is 1. The minimum atomic E-state index is -1.30. The van der Waals surface area contributed by atoms with Crippen molar-refractivity contribution in [1.82, 2.24) is 0 Å². The van der Waals surface area contributed by atoms with E-state index in [-0.39, 0.29) is 10.6 Å². The zero-order valence-electron chi connectivity index (χ0n) is 8.61. The average Bonchev–Trinajstić information content (AvgIpc) is 2.27. The van der Waals surface area contributed by atoms with Crippen LogP contribution in [0.5, 0.6) is 0 Å². The maximum atomic E-state index is 13.2. The molecular weight excluding hydrogens is 243 g/mol. The molecule has 0 aromatic heterocycles. The van der Waals surface area contributed by atoms with Crippen molar-refractivity contribution in [3.63, 3.8) is 0 Å². The molecule has 0 saturated carbocycles. The molecule has 0 N–H and O–H groups in total. The van der Waals surface area contributed by atoms with Gasteiger partial charge in [0.05, 0.1) is 5.97 Å². The van der Waals surface area contributed by atoms with Gasteiger partial charge in [-0.05, 0) is 29.3 Å². The highest BCUT2D eigenvalue weighted by Crippen LogP contribution is 2.27. The molecule has 4 heteroatoms. The predicted octanol–water partition coefficient (Wildman–Crippen LogP) is 2.51. The molecule has 2 rings (SSSR count). The van der Waals surface area contributed by atoms with E-state index < -0.39 is 11.8 Å². The van der Waals surface area contributed by atoms with E-state index in [4.69, 9.17) is 11.6 Å². The average molecular weight is 250 g/mol. The van der Waals surface area contributed by atoms with Crippen LogP contribution >= 0.6 is 11.6 Å². The first-order valence-electron chi connectivity index (χ1n) is 4.85. The van der Waals surface area contributed by atoms with Crippen molar-refractivity contribution in [2.24, 2.45) is 0 Å². The quantitative estimate of drug-likeness (QED) is 0.820. The molecule has 0 radical (unpaired) electrons. The summed E-state index contributed by atoms with van der Waals surface area (Å²) in [5.41, 5.74) is 0.804. The summed E-state index contributed by atoms with van der Waals surface area (Å²) in [6, 6.07) is 10.1.